The molecule has 2 N–H and O–H groups in total. The molecule has 0 fully saturated rings. The van der Waals surface area contributed by atoms with Crippen LogP contribution in [0.3, 0.4) is 0 Å². The summed E-state index contributed by atoms with van der Waals surface area (Å²) >= 11 is 0. The Labute approximate surface area is 131 Å². The van der Waals surface area contributed by atoms with E-state index in [0.717, 1.165) is 41.2 Å². The second-order valence-electron chi connectivity index (χ2n) is 6.26. The lowest BCUT2D eigenvalue weighted by Crippen LogP contribution is -2.05. The average Bonchev–Trinajstić information content (AvgIpc) is 2.52. The molecule has 0 aromatic heterocycles. The van der Waals surface area contributed by atoms with Crippen LogP contribution < -0.4 is 0 Å². The zero-order valence-corrected chi connectivity index (χ0v) is 13.2. The Bertz CT molecular complexity index is 778. The lowest BCUT2D eigenvalue weighted by molar-refractivity contribution is 0.458. The first-order chi connectivity index (χ1) is 10.6. The van der Waals surface area contributed by atoms with Crippen LogP contribution in [0.1, 0.15) is 37.8 Å². The van der Waals surface area contributed by atoms with Crippen LogP contribution in [-0.4, -0.2) is 10.2 Å². The Balaban J connectivity index is 1.96. The molecule has 0 heterocycles. The Morgan fingerprint density at radius 3 is 2.32 bits per heavy atom. The SMILES string of the molecule is CC(C)=CCCC1=CCc2c(c(O)c3ccccc3c2O)C1. The smallest absolute Gasteiger partial charge is 0.127 e. The lowest BCUT2D eigenvalue weighted by atomic mass is 9.86. The van der Waals surface area contributed by atoms with E-state index >= 15 is 0 Å². The molecule has 2 heteroatoms. The maximum atomic E-state index is 10.6. The summed E-state index contributed by atoms with van der Waals surface area (Å²) < 4.78 is 0. The first-order valence-corrected chi connectivity index (χ1v) is 7.83. The highest BCUT2D eigenvalue weighted by Gasteiger charge is 2.21. The van der Waals surface area contributed by atoms with Gasteiger partial charge in [0.2, 0.25) is 0 Å². The molecule has 0 unspecified atom stereocenters. The van der Waals surface area contributed by atoms with E-state index < -0.39 is 0 Å². The summed E-state index contributed by atoms with van der Waals surface area (Å²) in [6.45, 7) is 4.22. The van der Waals surface area contributed by atoms with Gasteiger partial charge in [-0.15, -0.1) is 0 Å². The van der Waals surface area contributed by atoms with Crippen LogP contribution in [0.2, 0.25) is 0 Å². The molecule has 1 aliphatic carbocycles. The summed E-state index contributed by atoms with van der Waals surface area (Å²) in [4.78, 5) is 0. The molecule has 0 radical (unpaired) electrons. The molecule has 2 aromatic rings. The third-order valence-corrected chi connectivity index (χ3v) is 4.39. The second kappa shape index (κ2) is 5.88. The van der Waals surface area contributed by atoms with Gasteiger partial charge in [-0.3, -0.25) is 0 Å². The lowest BCUT2D eigenvalue weighted by Gasteiger charge is -2.21. The monoisotopic (exact) mass is 294 g/mol. The summed E-state index contributed by atoms with van der Waals surface area (Å²) in [7, 11) is 0. The topological polar surface area (TPSA) is 40.5 Å². The van der Waals surface area contributed by atoms with Crippen molar-refractivity contribution in [3.05, 3.63) is 58.7 Å². The Kier molecular flexibility index (Phi) is 3.93. The van der Waals surface area contributed by atoms with Gasteiger partial charge in [-0.2, -0.15) is 0 Å². The zero-order chi connectivity index (χ0) is 15.7. The van der Waals surface area contributed by atoms with Gasteiger partial charge in [-0.05, 0) is 39.5 Å². The largest absolute Gasteiger partial charge is 0.507 e. The minimum Gasteiger partial charge on any atom is -0.507 e. The van der Waals surface area contributed by atoms with Gasteiger partial charge in [0.05, 0.1) is 0 Å². The molecule has 2 aromatic carbocycles. The quantitative estimate of drug-likeness (QED) is 0.616. The van der Waals surface area contributed by atoms with E-state index in [2.05, 4.69) is 26.0 Å². The number of hydrogen-bond acceptors (Lipinski definition) is 2. The van der Waals surface area contributed by atoms with Crippen molar-refractivity contribution in [2.75, 3.05) is 0 Å². The normalized spacial score (nSPS) is 13.6. The highest BCUT2D eigenvalue weighted by Crippen LogP contribution is 2.42. The summed E-state index contributed by atoms with van der Waals surface area (Å²) in [6.07, 6.45) is 7.92. The summed E-state index contributed by atoms with van der Waals surface area (Å²) in [6, 6.07) is 7.50. The Morgan fingerprint density at radius 1 is 1.05 bits per heavy atom. The maximum absolute atomic E-state index is 10.6. The molecule has 0 saturated heterocycles. The number of aromatic hydroxyl groups is 2. The van der Waals surface area contributed by atoms with Crippen molar-refractivity contribution in [3.8, 4) is 11.5 Å². The van der Waals surface area contributed by atoms with Gasteiger partial charge in [0.1, 0.15) is 11.5 Å². The van der Waals surface area contributed by atoms with Gasteiger partial charge in [0.15, 0.2) is 0 Å². The molecule has 0 amide bonds. The van der Waals surface area contributed by atoms with Gasteiger partial charge in [-0.25, -0.2) is 0 Å². The minimum atomic E-state index is 0.322. The molecule has 114 valence electrons. The Morgan fingerprint density at radius 2 is 1.68 bits per heavy atom. The van der Waals surface area contributed by atoms with Crippen molar-refractivity contribution >= 4 is 10.8 Å². The molecule has 0 saturated carbocycles. The molecule has 2 nitrogen and oxygen atoms in total. The number of allylic oxidation sites excluding steroid dienone is 4. The highest BCUT2D eigenvalue weighted by atomic mass is 16.3. The summed E-state index contributed by atoms with van der Waals surface area (Å²) in [5.41, 5.74) is 4.45. The molecule has 22 heavy (non-hydrogen) atoms. The van der Waals surface area contributed by atoms with E-state index in [0.29, 0.717) is 17.9 Å². The first kappa shape index (κ1) is 14.7. The molecule has 1 aliphatic rings. The second-order valence-corrected chi connectivity index (χ2v) is 6.26. The van der Waals surface area contributed by atoms with Gasteiger partial charge in [-0.1, -0.05) is 47.6 Å². The molecule has 3 rings (SSSR count). The van der Waals surface area contributed by atoms with Gasteiger partial charge in [0, 0.05) is 21.9 Å². The number of fused-ring (bicyclic) bond motifs is 2. The fraction of sp³-hybridized carbons (Fsp3) is 0.300. The predicted molar refractivity (Wildman–Crippen MR) is 91.4 cm³/mol. The predicted octanol–water partition coefficient (Wildman–Crippen LogP) is 5.02. The number of rotatable bonds is 3. The van der Waals surface area contributed by atoms with E-state index in [-0.39, 0.29) is 0 Å². The zero-order valence-electron chi connectivity index (χ0n) is 13.2. The third kappa shape index (κ3) is 2.61. The van der Waals surface area contributed by atoms with Crippen LogP contribution in [0.25, 0.3) is 10.8 Å². The fourth-order valence-corrected chi connectivity index (χ4v) is 3.20. The molecule has 0 bridgehead atoms. The standard InChI is InChI=1S/C20H22O2/c1-13(2)6-5-7-14-10-11-17-18(12-14)20(22)16-9-4-3-8-15(16)19(17)21/h3-4,6,8-10,21-22H,5,7,11-12H2,1-2H3. The van der Waals surface area contributed by atoms with Crippen LogP contribution >= 0.6 is 0 Å². The van der Waals surface area contributed by atoms with Gasteiger partial charge >= 0.3 is 0 Å². The number of benzene rings is 2. The van der Waals surface area contributed by atoms with Crippen LogP contribution in [0, 0.1) is 0 Å². The number of phenolic OH excluding ortho intramolecular Hbond substituents is 2. The molecular formula is C20H22O2. The van der Waals surface area contributed by atoms with Crippen molar-refractivity contribution in [2.24, 2.45) is 0 Å². The van der Waals surface area contributed by atoms with Crippen LogP contribution in [0.4, 0.5) is 0 Å². The molecule has 0 atom stereocenters. The van der Waals surface area contributed by atoms with Crippen LogP contribution in [0.15, 0.2) is 47.6 Å². The van der Waals surface area contributed by atoms with E-state index in [9.17, 15) is 10.2 Å². The number of phenols is 2. The molecule has 0 aliphatic heterocycles. The van der Waals surface area contributed by atoms with Gasteiger partial charge in [0.25, 0.3) is 0 Å². The van der Waals surface area contributed by atoms with Crippen LogP contribution in [0.5, 0.6) is 11.5 Å². The third-order valence-electron chi connectivity index (χ3n) is 4.39. The van der Waals surface area contributed by atoms with Crippen molar-refractivity contribution in [1.29, 1.82) is 0 Å². The van der Waals surface area contributed by atoms with Crippen molar-refractivity contribution < 1.29 is 10.2 Å². The minimum absolute atomic E-state index is 0.322. The highest BCUT2D eigenvalue weighted by molar-refractivity contribution is 5.95. The number of hydrogen-bond donors (Lipinski definition) is 2. The molecular weight excluding hydrogens is 272 g/mol. The van der Waals surface area contributed by atoms with E-state index in [1.807, 2.05) is 24.3 Å². The first-order valence-electron chi connectivity index (χ1n) is 7.83. The summed E-state index contributed by atoms with van der Waals surface area (Å²) in [5, 5.41) is 22.6. The van der Waals surface area contributed by atoms with E-state index in [1.165, 1.54) is 11.1 Å². The maximum Gasteiger partial charge on any atom is 0.127 e. The van der Waals surface area contributed by atoms with Crippen molar-refractivity contribution in [3.63, 3.8) is 0 Å². The van der Waals surface area contributed by atoms with E-state index in [1.54, 1.807) is 0 Å². The van der Waals surface area contributed by atoms with Crippen molar-refractivity contribution in [2.45, 2.75) is 39.5 Å². The average molecular weight is 294 g/mol. The fourth-order valence-electron chi connectivity index (χ4n) is 3.20. The van der Waals surface area contributed by atoms with Crippen molar-refractivity contribution in [1.82, 2.24) is 0 Å². The Hall–Kier alpha value is -2.22. The van der Waals surface area contributed by atoms with E-state index in [4.69, 9.17) is 0 Å². The molecule has 0 spiro atoms. The van der Waals surface area contributed by atoms with Crippen LogP contribution in [-0.2, 0) is 12.8 Å². The summed E-state index contributed by atoms with van der Waals surface area (Å²) in [5.74, 6) is 0.652. The van der Waals surface area contributed by atoms with Gasteiger partial charge < -0.3 is 10.2 Å².